The van der Waals surface area contributed by atoms with Crippen molar-refractivity contribution in [3.05, 3.63) is 59.7 Å². The predicted octanol–water partition coefficient (Wildman–Crippen LogP) is 3.13. The van der Waals surface area contributed by atoms with Crippen LogP contribution in [0.4, 0.5) is 11.4 Å². The third-order valence-corrected chi connectivity index (χ3v) is 6.41. The van der Waals surface area contributed by atoms with Gasteiger partial charge in [0.2, 0.25) is 0 Å². The number of ketones is 1. The van der Waals surface area contributed by atoms with E-state index in [4.69, 9.17) is 0 Å². The van der Waals surface area contributed by atoms with Crippen LogP contribution in [0, 0.1) is 0 Å². The normalized spacial score (nSPS) is 16.7. The fourth-order valence-corrected chi connectivity index (χ4v) is 4.08. The molecule has 2 N–H and O–H groups in total. The number of hydrogen-bond acceptors (Lipinski definition) is 3. The van der Waals surface area contributed by atoms with Crippen LogP contribution in [0.5, 0.6) is 0 Å². The summed E-state index contributed by atoms with van der Waals surface area (Å²) in [6.07, 6.45) is 1.04. The first-order valence-corrected chi connectivity index (χ1v) is 11.0. The van der Waals surface area contributed by atoms with E-state index < -0.39 is 0 Å². The van der Waals surface area contributed by atoms with Crippen molar-refractivity contribution >= 4 is 23.1 Å². The zero-order chi connectivity index (χ0) is 21.7. The van der Waals surface area contributed by atoms with Crippen LogP contribution in [0.15, 0.2) is 48.5 Å². The van der Waals surface area contributed by atoms with E-state index in [0.717, 1.165) is 49.5 Å². The Morgan fingerprint density at radius 1 is 1.03 bits per heavy atom. The number of para-hydroxylation sites is 1. The van der Waals surface area contributed by atoms with Crippen LogP contribution < -0.4 is 15.1 Å². The topological polar surface area (TPSA) is 53.9 Å². The van der Waals surface area contributed by atoms with Gasteiger partial charge in [-0.3, -0.25) is 9.59 Å². The number of anilines is 2. The van der Waals surface area contributed by atoms with E-state index in [2.05, 4.69) is 30.1 Å². The Morgan fingerprint density at radius 3 is 2.27 bits per heavy atom. The molecule has 1 saturated heterocycles. The van der Waals surface area contributed by atoms with Crippen molar-refractivity contribution in [3.63, 3.8) is 0 Å². The number of piperazine rings is 1. The van der Waals surface area contributed by atoms with Gasteiger partial charge in [0.15, 0.2) is 11.8 Å². The summed E-state index contributed by atoms with van der Waals surface area (Å²) in [7, 11) is 0. The number of nitrogens with one attached hydrogen (secondary N) is 2. The van der Waals surface area contributed by atoms with Crippen molar-refractivity contribution in [2.75, 3.05) is 36.4 Å². The molecule has 0 unspecified atom stereocenters. The molecule has 1 fully saturated rings. The Bertz CT molecular complexity index is 870. The van der Waals surface area contributed by atoms with Crippen LogP contribution >= 0.6 is 0 Å². The van der Waals surface area contributed by atoms with E-state index in [1.165, 1.54) is 10.5 Å². The minimum absolute atomic E-state index is 0.0833. The van der Waals surface area contributed by atoms with E-state index in [0.29, 0.717) is 5.92 Å². The van der Waals surface area contributed by atoms with Crippen LogP contribution in [0.25, 0.3) is 0 Å². The lowest BCUT2D eigenvalue weighted by Gasteiger charge is -2.36. The van der Waals surface area contributed by atoms with E-state index in [1.54, 1.807) is 6.92 Å². The molecule has 5 heteroatoms. The van der Waals surface area contributed by atoms with E-state index in [9.17, 15) is 9.59 Å². The molecular weight excluding hydrogens is 374 g/mol. The Hall–Kier alpha value is -2.66. The molecule has 0 aromatic heterocycles. The number of benzene rings is 2. The lowest BCUT2D eigenvalue weighted by atomic mass is 9.97. The van der Waals surface area contributed by atoms with Gasteiger partial charge in [-0.25, -0.2) is 0 Å². The zero-order valence-electron chi connectivity index (χ0n) is 18.6. The monoisotopic (exact) mass is 408 g/mol. The highest BCUT2D eigenvalue weighted by Gasteiger charge is 2.29. The predicted molar refractivity (Wildman–Crippen MR) is 123 cm³/mol. The molecular formula is C25H34N3O2+. The first-order chi connectivity index (χ1) is 14.4. The van der Waals surface area contributed by atoms with E-state index in [1.807, 2.05) is 49.4 Å². The SMILES string of the molecule is CC[C@@H](C)c1ccccc1NC(=O)[C@@H](C)[NH+]1CCN(c2ccc(C(C)=O)cc2)CC1. The van der Waals surface area contributed by atoms with Gasteiger partial charge in [-0.15, -0.1) is 0 Å². The second-order valence-corrected chi connectivity index (χ2v) is 8.36. The highest BCUT2D eigenvalue weighted by atomic mass is 16.2. The molecule has 3 rings (SSSR count). The summed E-state index contributed by atoms with van der Waals surface area (Å²) in [6.45, 7) is 11.6. The van der Waals surface area contributed by atoms with Gasteiger partial charge in [0, 0.05) is 16.9 Å². The van der Waals surface area contributed by atoms with E-state index in [-0.39, 0.29) is 17.7 Å². The van der Waals surface area contributed by atoms with E-state index >= 15 is 0 Å². The van der Waals surface area contributed by atoms with Gasteiger partial charge in [-0.1, -0.05) is 32.0 Å². The Kier molecular flexibility index (Phi) is 7.27. The lowest BCUT2D eigenvalue weighted by molar-refractivity contribution is -0.914. The summed E-state index contributed by atoms with van der Waals surface area (Å²) in [5.41, 5.74) is 4.02. The highest BCUT2D eigenvalue weighted by Crippen LogP contribution is 2.26. The summed E-state index contributed by atoms with van der Waals surface area (Å²) in [5.74, 6) is 0.590. The largest absolute Gasteiger partial charge is 0.360 e. The van der Waals surface area contributed by atoms with Crippen LogP contribution in [0.1, 0.15) is 56.0 Å². The number of carbonyl (C=O) groups excluding carboxylic acids is 2. The van der Waals surface area contributed by atoms with Gasteiger partial charge in [0.25, 0.3) is 5.91 Å². The van der Waals surface area contributed by atoms with Gasteiger partial charge in [-0.2, -0.15) is 0 Å². The van der Waals surface area contributed by atoms with Crippen LogP contribution in [-0.2, 0) is 4.79 Å². The first kappa shape index (κ1) is 22.0. The minimum atomic E-state index is -0.0998. The van der Waals surface area contributed by atoms with Crippen LogP contribution in [0.2, 0.25) is 0 Å². The molecule has 0 radical (unpaired) electrons. The molecule has 1 aliphatic rings. The second kappa shape index (κ2) is 9.90. The Morgan fingerprint density at radius 2 is 1.67 bits per heavy atom. The fourth-order valence-electron chi connectivity index (χ4n) is 4.08. The average Bonchev–Trinajstić information content (AvgIpc) is 2.78. The second-order valence-electron chi connectivity index (χ2n) is 8.36. The van der Waals surface area contributed by atoms with Gasteiger partial charge in [-0.05, 0) is 62.1 Å². The highest BCUT2D eigenvalue weighted by molar-refractivity contribution is 5.95. The van der Waals surface area contributed by atoms with Crippen molar-refractivity contribution in [2.24, 2.45) is 0 Å². The van der Waals surface area contributed by atoms with Crippen LogP contribution in [0.3, 0.4) is 0 Å². The number of nitrogens with zero attached hydrogens (tertiary/aromatic N) is 1. The van der Waals surface area contributed by atoms with Gasteiger partial charge >= 0.3 is 0 Å². The Labute approximate surface area is 180 Å². The maximum atomic E-state index is 13.0. The maximum absolute atomic E-state index is 13.0. The smallest absolute Gasteiger partial charge is 0.282 e. The van der Waals surface area contributed by atoms with Crippen molar-refractivity contribution in [1.29, 1.82) is 0 Å². The van der Waals surface area contributed by atoms with Crippen molar-refractivity contribution in [1.82, 2.24) is 0 Å². The lowest BCUT2D eigenvalue weighted by Crippen LogP contribution is -3.19. The third kappa shape index (κ3) is 5.08. The van der Waals surface area contributed by atoms with Gasteiger partial charge < -0.3 is 15.1 Å². The first-order valence-electron chi connectivity index (χ1n) is 11.0. The van der Waals surface area contributed by atoms with Crippen molar-refractivity contribution < 1.29 is 14.5 Å². The summed E-state index contributed by atoms with van der Waals surface area (Å²) in [4.78, 5) is 28.1. The molecule has 1 heterocycles. The summed E-state index contributed by atoms with van der Waals surface area (Å²) in [5, 5.41) is 3.18. The quantitative estimate of drug-likeness (QED) is 0.692. The number of carbonyl (C=O) groups is 2. The van der Waals surface area contributed by atoms with Gasteiger partial charge in [0.1, 0.15) is 0 Å². The van der Waals surface area contributed by atoms with Crippen molar-refractivity contribution in [3.8, 4) is 0 Å². The molecule has 0 saturated carbocycles. The molecule has 1 aliphatic heterocycles. The molecule has 5 nitrogen and oxygen atoms in total. The summed E-state index contributed by atoms with van der Waals surface area (Å²) >= 11 is 0. The fraction of sp³-hybridized carbons (Fsp3) is 0.440. The molecule has 2 atom stereocenters. The molecule has 1 amide bonds. The minimum Gasteiger partial charge on any atom is -0.360 e. The number of Topliss-reactive ketones (excluding diaryl/α,β-unsaturated/α-hetero) is 1. The molecule has 0 spiro atoms. The molecule has 0 bridgehead atoms. The number of quaternary nitrogens is 1. The Balaban J connectivity index is 1.58. The third-order valence-electron chi connectivity index (χ3n) is 6.41. The molecule has 30 heavy (non-hydrogen) atoms. The van der Waals surface area contributed by atoms with Gasteiger partial charge in [0.05, 0.1) is 26.2 Å². The zero-order valence-corrected chi connectivity index (χ0v) is 18.6. The molecule has 0 aliphatic carbocycles. The number of rotatable bonds is 7. The average molecular weight is 409 g/mol. The number of amides is 1. The molecule has 2 aromatic carbocycles. The summed E-state index contributed by atoms with van der Waals surface area (Å²) < 4.78 is 0. The maximum Gasteiger partial charge on any atom is 0.282 e. The number of hydrogen-bond donors (Lipinski definition) is 2. The van der Waals surface area contributed by atoms with Crippen molar-refractivity contribution in [2.45, 2.75) is 46.1 Å². The summed E-state index contributed by atoms with van der Waals surface area (Å²) in [6, 6.07) is 15.8. The standard InChI is InChI=1S/C25H33N3O2/c1-5-18(2)23-8-6-7-9-24(23)26-25(30)19(3)27-14-16-28(17-15-27)22-12-10-21(11-13-22)20(4)29/h6-13,18-19H,5,14-17H2,1-4H3,(H,26,30)/p+1/t18-,19-/m1/s1. The van der Waals surface area contributed by atoms with Crippen LogP contribution in [-0.4, -0.2) is 43.9 Å². The molecule has 160 valence electrons. The molecule has 2 aromatic rings.